The summed E-state index contributed by atoms with van der Waals surface area (Å²) in [4.78, 5) is 46.8. The molecule has 1 aromatic heterocycles. The number of ether oxygens (including phenoxy) is 2. The minimum atomic E-state index is -0.834. The first-order chi connectivity index (χ1) is 18.9. The van der Waals surface area contributed by atoms with E-state index in [9.17, 15) is 23.2 Å². The first kappa shape index (κ1) is 27.7. The van der Waals surface area contributed by atoms with Crippen LogP contribution in [-0.2, 0) is 32.0 Å². The highest BCUT2D eigenvalue weighted by Gasteiger charge is 2.33. The molecule has 1 unspecified atom stereocenters. The molecule has 0 saturated carbocycles. The molecular formula is C27H27F2N5O5. The number of anilines is 2. The van der Waals surface area contributed by atoms with Gasteiger partial charge in [-0.2, -0.15) is 0 Å². The Hall–Kier alpha value is -4.29. The lowest BCUT2D eigenvalue weighted by Crippen LogP contribution is -2.53. The van der Waals surface area contributed by atoms with Crippen LogP contribution in [0.5, 0.6) is 0 Å². The van der Waals surface area contributed by atoms with E-state index in [0.717, 1.165) is 12.1 Å². The van der Waals surface area contributed by atoms with E-state index < -0.39 is 29.2 Å². The summed E-state index contributed by atoms with van der Waals surface area (Å²) in [5, 5.41) is 5.90. The van der Waals surface area contributed by atoms with Crippen LogP contribution in [0.1, 0.15) is 21.6 Å². The maximum Gasteiger partial charge on any atom is 0.331 e. The molecule has 39 heavy (non-hydrogen) atoms. The number of rotatable bonds is 9. The highest BCUT2D eigenvalue weighted by Crippen LogP contribution is 2.28. The van der Waals surface area contributed by atoms with Gasteiger partial charge in [-0.3, -0.25) is 9.59 Å². The number of methoxy groups -OCH3 is 1. The molecule has 1 fully saturated rings. The second-order valence-corrected chi connectivity index (χ2v) is 8.70. The molecule has 2 N–H and O–H groups in total. The van der Waals surface area contributed by atoms with E-state index in [2.05, 4.69) is 20.6 Å². The first-order valence-corrected chi connectivity index (χ1v) is 12.1. The van der Waals surface area contributed by atoms with Crippen molar-refractivity contribution in [1.29, 1.82) is 0 Å². The molecule has 3 aromatic rings. The van der Waals surface area contributed by atoms with Gasteiger partial charge < -0.3 is 25.0 Å². The fourth-order valence-corrected chi connectivity index (χ4v) is 4.21. The molecule has 1 aliphatic rings. The second kappa shape index (κ2) is 12.5. The van der Waals surface area contributed by atoms with Gasteiger partial charge in [0.2, 0.25) is 5.91 Å². The van der Waals surface area contributed by atoms with Crippen molar-refractivity contribution in [3.63, 3.8) is 0 Å². The third-order valence-electron chi connectivity index (χ3n) is 6.17. The maximum atomic E-state index is 14.5. The highest BCUT2D eigenvalue weighted by molar-refractivity contribution is 5.87. The van der Waals surface area contributed by atoms with Gasteiger partial charge in [0, 0.05) is 18.8 Å². The van der Waals surface area contributed by atoms with Crippen molar-refractivity contribution in [3.05, 3.63) is 70.9 Å². The number of nitrogens with one attached hydrogen (secondary N) is 2. The Balaban J connectivity index is 1.58. The van der Waals surface area contributed by atoms with Gasteiger partial charge in [-0.15, -0.1) is 0 Å². The zero-order valence-electron chi connectivity index (χ0n) is 21.4. The van der Waals surface area contributed by atoms with Gasteiger partial charge in [-0.1, -0.05) is 18.2 Å². The quantitative estimate of drug-likeness (QED) is 0.312. The molecule has 0 bridgehead atoms. The van der Waals surface area contributed by atoms with E-state index in [1.807, 2.05) is 0 Å². The molecule has 0 aliphatic carbocycles. The Morgan fingerprint density at radius 3 is 2.51 bits per heavy atom. The van der Waals surface area contributed by atoms with E-state index in [1.165, 1.54) is 18.1 Å². The Kier molecular flexibility index (Phi) is 8.89. The molecule has 10 nitrogen and oxygen atoms in total. The van der Waals surface area contributed by atoms with Crippen LogP contribution in [0.25, 0.3) is 11.4 Å². The van der Waals surface area contributed by atoms with Gasteiger partial charge in [-0.05, 0) is 36.9 Å². The zero-order valence-corrected chi connectivity index (χ0v) is 21.4. The minimum absolute atomic E-state index is 0.0455. The van der Waals surface area contributed by atoms with Crippen LogP contribution < -0.4 is 10.6 Å². The lowest BCUT2D eigenvalue weighted by atomic mass is 10.1. The predicted molar refractivity (Wildman–Crippen MR) is 137 cm³/mol. The van der Waals surface area contributed by atoms with Crippen molar-refractivity contribution < 1.29 is 32.6 Å². The summed E-state index contributed by atoms with van der Waals surface area (Å²) in [6.07, 6.45) is 0.619. The number of carbonyl (C=O) groups excluding carboxylic acids is 3. The van der Waals surface area contributed by atoms with Crippen molar-refractivity contribution in [2.24, 2.45) is 0 Å². The van der Waals surface area contributed by atoms with Crippen molar-refractivity contribution in [2.45, 2.75) is 19.0 Å². The normalized spacial score (nSPS) is 15.1. The number of esters is 1. The Labute approximate surface area is 223 Å². The molecule has 204 valence electrons. The van der Waals surface area contributed by atoms with E-state index in [0.29, 0.717) is 24.1 Å². The predicted octanol–water partition coefficient (Wildman–Crippen LogP) is 2.64. The number of amides is 1. The van der Waals surface area contributed by atoms with Crippen LogP contribution in [0, 0.1) is 11.6 Å². The first-order valence-electron chi connectivity index (χ1n) is 12.1. The number of hydrogen-bond acceptors (Lipinski definition) is 9. The van der Waals surface area contributed by atoms with Crippen molar-refractivity contribution in [2.75, 3.05) is 39.2 Å². The summed E-state index contributed by atoms with van der Waals surface area (Å²) >= 11 is 0. The summed E-state index contributed by atoms with van der Waals surface area (Å²) in [6, 6.07) is 9.42. The second-order valence-electron chi connectivity index (χ2n) is 8.70. The summed E-state index contributed by atoms with van der Waals surface area (Å²) in [5.74, 6) is -2.59. The summed E-state index contributed by atoms with van der Waals surface area (Å²) in [6.45, 7) is 0.839. The largest absolute Gasteiger partial charge is 0.467 e. The SMILES string of the molecule is CNCc1nc(-c2c(F)cccc2F)nc(Nc2ccc(CC(=O)N3CCOCC3C(=O)OC)cc2)c1C=O. The van der Waals surface area contributed by atoms with Crippen molar-refractivity contribution in [1.82, 2.24) is 20.2 Å². The number of carbonyl (C=O) groups is 3. The number of aldehydes is 1. The number of benzene rings is 2. The molecule has 12 heteroatoms. The van der Waals surface area contributed by atoms with E-state index in [1.54, 1.807) is 31.3 Å². The van der Waals surface area contributed by atoms with Gasteiger partial charge in [-0.25, -0.2) is 23.5 Å². The smallest absolute Gasteiger partial charge is 0.331 e. The van der Waals surface area contributed by atoms with Crippen LogP contribution >= 0.6 is 0 Å². The number of morpholine rings is 1. The zero-order chi connectivity index (χ0) is 27.9. The van der Waals surface area contributed by atoms with Gasteiger partial charge in [0.25, 0.3) is 0 Å². The molecule has 1 saturated heterocycles. The lowest BCUT2D eigenvalue weighted by Gasteiger charge is -2.33. The van der Waals surface area contributed by atoms with Crippen LogP contribution in [0.2, 0.25) is 0 Å². The minimum Gasteiger partial charge on any atom is -0.467 e. The molecule has 2 aromatic carbocycles. The molecule has 0 spiro atoms. The third kappa shape index (κ3) is 6.24. The van der Waals surface area contributed by atoms with Crippen LogP contribution in [0.4, 0.5) is 20.3 Å². The average Bonchev–Trinajstić information content (AvgIpc) is 2.94. The van der Waals surface area contributed by atoms with E-state index in [4.69, 9.17) is 9.47 Å². The molecule has 1 amide bonds. The van der Waals surface area contributed by atoms with Crippen molar-refractivity contribution in [3.8, 4) is 11.4 Å². The third-order valence-corrected chi connectivity index (χ3v) is 6.17. The van der Waals surface area contributed by atoms with E-state index >= 15 is 0 Å². The summed E-state index contributed by atoms with van der Waals surface area (Å²) in [5.41, 5.74) is 1.18. The van der Waals surface area contributed by atoms with Gasteiger partial charge in [0.1, 0.15) is 17.5 Å². The van der Waals surface area contributed by atoms with Gasteiger partial charge in [0.15, 0.2) is 18.2 Å². The Morgan fingerprint density at radius 2 is 1.87 bits per heavy atom. The Bertz CT molecular complexity index is 1350. The van der Waals surface area contributed by atoms with Gasteiger partial charge in [0.05, 0.1) is 43.6 Å². The monoisotopic (exact) mass is 539 g/mol. The molecule has 0 radical (unpaired) electrons. The lowest BCUT2D eigenvalue weighted by molar-refractivity contribution is -0.160. The molecular weight excluding hydrogens is 512 g/mol. The number of aromatic nitrogens is 2. The molecule has 1 atom stereocenters. The number of nitrogens with zero attached hydrogens (tertiary/aromatic N) is 3. The standard InChI is InChI=1S/C27H27F2N5O5/c1-30-13-21-18(14-35)25(33-26(32-21)24-19(28)4-3-5-20(24)29)31-17-8-6-16(7-9-17)12-23(36)34-10-11-39-15-22(34)27(37)38-2/h3-9,14,22,30H,10-13,15H2,1-2H3,(H,31,32,33). The summed E-state index contributed by atoms with van der Waals surface area (Å²) in [7, 11) is 2.91. The summed E-state index contributed by atoms with van der Waals surface area (Å²) < 4.78 is 39.1. The molecule has 1 aliphatic heterocycles. The molecule has 4 rings (SSSR count). The van der Waals surface area contributed by atoms with Crippen molar-refractivity contribution >= 4 is 29.7 Å². The number of halogens is 2. The molecule has 2 heterocycles. The fraction of sp³-hybridized carbons (Fsp3) is 0.296. The number of hydrogen-bond donors (Lipinski definition) is 2. The Morgan fingerprint density at radius 1 is 1.15 bits per heavy atom. The van der Waals surface area contributed by atoms with Crippen LogP contribution in [-0.4, -0.2) is 73.0 Å². The van der Waals surface area contributed by atoms with E-state index in [-0.39, 0.29) is 54.9 Å². The maximum absolute atomic E-state index is 14.5. The van der Waals surface area contributed by atoms with Crippen LogP contribution in [0.15, 0.2) is 42.5 Å². The average molecular weight is 540 g/mol. The highest BCUT2D eigenvalue weighted by atomic mass is 19.1. The fourth-order valence-electron chi connectivity index (χ4n) is 4.21. The topological polar surface area (TPSA) is 123 Å². The van der Waals surface area contributed by atoms with Gasteiger partial charge >= 0.3 is 5.97 Å². The van der Waals surface area contributed by atoms with Crippen LogP contribution in [0.3, 0.4) is 0 Å².